The molecule has 0 spiro atoms. The number of aryl methyl sites for hydroxylation is 1. The Bertz CT molecular complexity index is 1180. The first-order chi connectivity index (χ1) is 16.7. The topological polar surface area (TPSA) is 92.0 Å². The van der Waals surface area contributed by atoms with Crippen LogP contribution in [0.4, 0.5) is 4.39 Å². The number of nitrogens with zero attached hydrogens (tertiary/aromatic N) is 5. The highest BCUT2D eigenvalue weighted by atomic mass is 19.1. The summed E-state index contributed by atoms with van der Waals surface area (Å²) in [4.78, 5) is 25.8. The molecular weight excluding hydrogens is 447 g/mol. The van der Waals surface area contributed by atoms with Crippen molar-refractivity contribution in [3.8, 4) is 0 Å². The van der Waals surface area contributed by atoms with Gasteiger partial charge in [0.2, 0.25) is 0 Å². The van der Waals surface area contributed by atoms with Crippen LogP contribution in [0.15, 0.2) is 46.5 Å². The van der Waals surface area contributed by atoms with Gasteiger partial charge in [0.05, 0.1) is 11.2 Å². The number of halogens is 1. The molecule has 1 atom stereocenters. The second-order valence-corrected chi connectivity index (χ2v) is 9.97. The van der Waals surface area contributed by atoms with Gasteiger partial charge in [-0.3, -0.25) is 14.3 Å². The van der Waals surface area contributed by atoms with Crippen molar-refractivity contribution < 1.29 is 14.0 Å². The molecule has 2 amide bonds. The fraction of sp³-hybridized carbons (Fsp3) is 0.500. The van der Waals surface area contributed by atoms with Gasteiger partial charge in [0.1, 0.15) is 18.1 Å². The molecule has 2 aliphatic heterocycles. The zero-order valence-corrected chi connectivity index (χ0v) is 20.8. The van der Waals surface area contributed by atoms with Crippen LogP contribution >= 0.6 is 0 Å². The van der Waals surface area contributed by atoms with Crippen LogP contribution in [0.1, 0.15) is 70.2 Å². The molecule has 0 aliphatic carbocycles. The van der Waals surface area contributed by atoms with Crippen molar-refractivity contribution in [2.45, 2.75) is 71.9 Å². The second-order valence-electron chi connectivity index (χ2n) is 9.97. The predicted octanol–water partition coefficient (Wildman–Crippen LogP) is 4.77. The SMILES string of the molecule is CCCCCc1ccc(C2(C)CC(c3ccn(CC(C)C)n3)=C(N3N=NCC3=O)C(=O)N2)c(F)c1. The van der Waals surface area contributed by atoms with Crippen molar-refractivity contribution in [3.05, 3.63) is 58.8 Å². The summed E-state index contributed by atoms with van der Waals surface area (Å²) in [7, 11) is 0. The molecule has 3 heterocycles. The lowest BCUT2D eigenvalue weighted by Gasteiger charge is -2.38. The molecule has 4 rings (SSSR count). The number of carbonyl (C=O) groups excluding carboxylic acids is 2. The van der Waals surface area contributed by atoms with Gasteiger partial charge in [-0.05, 0) is 43.4 Å². The Balaban J connectivity index is 1.73. The first-order valence-corrected chi connectivity index (χ1v) is 12.3. The van der Waals surface area contributed by atoms with E-state index in [-0.39, 0.29) is 30.4 Å². The molecule has 1 N–H and O–H groups in total. The summed E-state index contributed by atoms with van der Waals surface area (Å²) in [5.41, 5.74) is 1.52. The zero-order chi connectivity index (χ0) is 25.2. The average Bonchev–Trinajstić information content (AvgIpc) is 3.42. The molecule has 2 aliphatic rings. The Morgan fingerprint density at radius 2 is 2.00 bits per heavy atom. The van der Waals surface area contributed by atoms with Crippen molar-refractivity contribution in [3.63, 3.8) is 0 Å². The number of rotatable bonds is 9. The van der Waals surface area contributed by atoms with Crippen LogP contribution in [0.5, 0.6) is 0 Å². The minimum Gasteiger partial charge on any atom is -0.341 e. The van der Waals surface area contributed by atoms with Crippen LogP contribution in [0.25, 0.3) is 5.57 Å². The molecule has 8 nitrogen and oxygen atoms in total. The molecule has 1 aromatic heterocycles. The van der Waals surface area contributed by atoms with Gasteiger partial charge in [-0.1, -0.05) is 51.0 Å². The molecule has 35 heavy (non-hydrogen) atoms. The van der Waals surface area contributed by atoms with Crippen LogP contribution in [0.2, 0.25) is 0 Å². The molecule has 0 radical (unpaired) electrons. The number of hydrogen-bond acceptors (Lipinski definition) is 5. The van der Waals surface area contributed by atoms with Crippen LogP contribution in [-0.2, 0) is 28.1 Å². The van der Waals surface area contributed by atoms with Crippen LogP contribution in [0, 0.1) is 11.7 Å². The van der Waals surface area contributed by atoms with E-state index in [0.717, 1.165) is 36.3 Å². The molecule has 9 heteroatoms. The molecule has 0 fully saturated rings. The highest BCUT2D eigenvalue weighted by molar-refractivity contribution is 6.06. The third-order valence-electron chi connectivity index (χ3n) is 6.43. The van der Waals surface area contributed by atoms with E-state index in [2.05, 4.69) is 41.5 Å². The normalized spacial score (nSPS) is 20.3. The molecule has 0 saturated heterocycles. The van der Waals surface area contributed by atoms with Crippen molar-refractivity contribution in [2.75, 3.05) is 6.54 Å². The van der Waals surface area contributed by atoms with E-state index in [0.29, 0.717) is 29.3 Å². The summed E-state index contributed by atoms with van der Waals surface area (Å²) in [6.45, 7) is 8.72. The van der Waals surface area contributed by atoms with Crippen LogP contribution < -0.4 is 5.32 Å². The largest absolute Gasteiger partial charge is 0.341 e. The standard InChI is InChI=1S/C26H33FN6O2/c1-5-6-7-8-18-9-10-20(21(27)13-18)26(4)14-19(22-11-12-32(30-22)16-17(2)3)24(25(35)29-26)33-23(34)15-28-31-33/h9-13,17H,5-8,14-16H2,1-4H3,(H,29,35). The molecular formula is C26H33FN6O2. The number of benzene rings is 1. The molecule has 1 unspecified atom stereocenters. The number of carbonyl (C=O) groups is 2. The van der Waals surface area contributed by atoms with E-state index in [1.54, 1.807) is 19.1 Å². The monoisotopic (exact) mass is 480 g/mol. The minimum atomic E-state index is -1.02. The third-order valence-corrected chi connectivity index (χ3v) is 6.43. The van der Waals surface area contributed by atoms with Crippen molar-refractivity contribution in [2.24, 2.45) is 16.3 Å². The lowest BCUT2D eigenvalue weighted by Crippen LogP contribution is -2.51. The Kier molecular flexibility index (Phi) is 7.14. The Morgan fingerprint density at radius 3 is 2.66 bits per heavy atom. The minimum absolute atomic E-state index is 0.0973. The summed E-state index contributed by atoms with van der Waals surface area (Å²) >= 11 is 0. The van der Waals surface area contributed by atoms with E-state index in [4.69, 9.17) is 0 Å². The number of amides is 2. The summed E-state index contributed by atoms with van der Waals surface area (Å²) in [6, 6.07) is 7.08. The van der Waals surface area contributed by atoms with Gasteiger partial charge in [0.15, 0.2) is 0 Å². The molecule has 0 saturated carbocycles. The zero-order valence-electron chi connectivity index (χ0n) is 20.8. The Labute approximate surface area is 205 Å². The quantitative estimate of drug-likeness (QED) is 0.524. The summed E-state index contributed by atoms with van der Waals surface area (Å²) in [6.07, 6.45) is 6.13. The maximum atomic E-state index is 15.4. The number of nitrogens with one attached hydrogen (secondary N) is 1. The summed E-state index contributed by atoms with van der Waals surface area (Å²) < 4.78 is 17.2. The van der Waals surface area contributed by atoms with E-state index in [1.165, 1.54) is 0 Å². The number of hydrogen-bond donors (Lipinski definition) is 1. The fourth-order valence-electron chi connectivity index (χ4n) is 4.71. The van der Waals surface area contributed by atoms with Gasteiger partial charge in [0.25, 0.3) is 11.8 Å². The average molecular weight is 481 g/mol. The third kappa shape index (κ3) is 5.18. The highest BCUT2D eigenvalue weighted by Crippen LogP contribution is 2.40. The summed E-state index contributed by atoms with van der Waals surface area (Å²) in [5, 5.41) is 16.3. The predicted molar refractivity (Wildman–Crippen MR) is 130 cm³/mol. The number of aromatic nitrogens is 2. The van der Waals surface area contributed by atoms with Crippen LogP contribution in [-0.4, -0.2) is 33.1 Å². The van der Waals surface area contributed by atoms with Crippen molar-refractivity contribution >= 4 is 17.4 Å². The Hall–Kier alpha value is -3.36. The van der Waals surface area contributed by atoms with Gasteiger partial charge in [0, 0.05) is 30.3 Å². The second kappa shape index (κ2) is 10.1. The van der Waals surface area contributed by atoms with Crippen LogP contribution in [0.3, 0.4) is 0 Å². The first-order valence-electron chi connectivity index (χ1n) is 12.3. The molecule has 2 aromatic rings. The highest BCUT2D eigenvalue weighted by Gasteiger charge is 2.43. The maximum absolute atomic E-state index is 15.4. The van der Waals surface area contributed by atoms with E-state index in [9.17, 15) is 9.59 Å². The van der Waals surface area contributed by atoms with Gasteiger partial charge >= 0.3 is 0 Å². The van der Waals surface area contributed by atoms with Gasteiger partial charge in [-0.15, -0.1) is 0 Å². The van der Waals surface area contributed by atoms with Gasteiger partial charge in [-0.2, -0.15) is 15.2 Å². The lowest BCUT2D eigenvalue weighted by atomic mass is 9.80. The van der Waals surface area contributed by atoms with E-state index >= 15 is 4.39 Å². The number of unbranched alkanes of at least 4 members (excludes halogenated alkanes) is 2. The van der Waals surface area contributed by atoms with Crippen molar-refractivity contribution in [1.29, 1.82) is 0 Å². The van der Waals surface area contributed by atoms with Gasteiger partial charge in [-0.25, -0.2) is 4.39 Å². The maximum Gasteiger partial charge on any atom is 0.272 e. The smallest absolute Gasteiger partial charge is 0.272 e. The molecule has 186 valence electrons. The van der Waals surface area contributed by atoms with Crippen molar-refractivity contribution in [1.82, 2.24) is 20.1 Å². The molecule has 0 bridgehead atoms. The van der Waals surface area contributed by atoms with E-state index < -0.39 is 11.4 Å². The Morgan fingerprint density at radius 1 is 1.20 bits per heavy atom. The lowest BCUT2D eigenvalue weighted by molar-refractivity contribution is -0.130. The first kappa shape index (κ1) is 24.8. The van der Waals surface area contributed by atoms with Gasteiger partial charge < -0.3 is 5.32 Å². The molecule has 1 aromatic carbocycles. The summed E-state index contributed by atoms with van der Waals surface area (Å²) in [5.74, 6) is -0.866. The fourth-order valence-corrected chi connectivity index (χ4v) is 4.71. The van der Waals surface area contributed by atoms with E-state index in [1.807, 2.05) is 23.0 Å².